The van der Waals surface area contributed by atoms with Crippen molar-refractivity contribution in [2.75, 3.05) is 23.9 Å². The molecule has 3 heterocycles. The molecule has 0 radical (unpaired) electrons. The number of aryl methyl sites for hydroxylation is 1. The lowest BCUT2D eigenvalue weighted by Crippen LogP contribution is -2.32. The number of ether oxygens (including phenoxy) is 2. The maximum absolute atomic E-state index is 14.0. The van der Waals surface area contributed by atoms with E-state index >= 15 is 0 Å². The summed E-state index contributed by atoms with van der Waals surface area (Å²) in [4.78, 5) is 57.4. The fraction of sp³-hybridized carbons (Fsp3) is 0.200. The van der Waals surface area contributed by atoms with Crippen LogP contribution >= 0.6 is 34.7 Å². The zero-order chi connectivity index (χ0) is 29.5. The minimum atomic E-state index is -0.842. The second-order valence-electron chi connectivity index (χ2n) is 9.79. The molecule has 3 aromatic carbocycles. The Kier molecular flexibility index (Phi) is 7.56. The van der Waals surface area contributed by atoms with Crippen LogP contribution in [0.4, 0.5) is 11.4 Å². The van der Waals surface area contributed by atoms with E-state index in [2.05, 4.69) is 10.3 Å². The number of aromatic amines is 1. The van der Waals surface area contributed by atoms with Gasteiger partial charge in [0.1, 0.15) is 16.7 Å². The monoisotopic (exact) mass is 621 g/mol. The number of imide groups is 1. The van der Waals surface area contributed by atoms with E-state index in [-0.39, 0.29) is 23.3 Å². The van der Waals surface area contributed by atoms with Gasteiger partial charge < -0.3 is 19.8 Å². The highest BCUT2D eigenvalue weighted by molar-refractivity contribution is 8.00. The number of hydrogen-bond acceptors (Lipinski definition) is 8. The molecule has 0 aliphatic carbocycles. The molecular formula is C30H24ClN3O6S2. The highest BCUT2D eigenvalue weighted by Crippen LogP contribution is 2.54. The fourth-order valence-electron chi connectivity index (χ4n) is 5.27. The lowest BCUT2D eigenvalue weighted by molar-refractivity contribution is -0.122. The van der Waals surface area contributed by atoms with Gasteiger partial charge >= 0.3 is 4.87 Å². The van der Waals surface area contributed by atoms with Gasteiger partial charge in [0, 0.05) is 27.1 Å². The maximum Gasteiger partial charge on any atom is 0.305 e. The summed E-state index contributed by atoms with van der Waals surface area (Å²) < 4.78 is 11.2. The summed E-state index contributed by atoms with van der Waals surface area (Å²) in [6.45, 7) is 1.58. The van der Waals surface area contributed by atoms with E-state index in [4.69, 9.17) is 21.1 Å². The van der Waals surface area contributed by atoms with Gasteiger partial charge in [0.15, 0.2) is 6.61 Å². The zero-order valence-electron chi connectivity index (χ0n) is 22.4. The van der Waals surface area contributed by atoms with Crippen molar-refractivity contribution in [1.82, 2.24) is 4.98 Å². The number of para-hydroxylation sites is 1. The Morgan fingerprint density at radius 1 is 1.05 bits per heavy atom. The number of nitrogens with zero attached hydrogens (tertiary/aromatic N) is 1. The first-order valence-corrected chi connectivity index (χ1v) is 15.0. The number of thiazole rings is 1. The molecule has 0 saturated carbocycles. The summed E-state index contributed by atoms with van der Waals surface area (Å²) in [5.41, 5.74) is 2.51. The average Bonchev–Trinajstić information content (AvgIpc) is 3.47. The first-order chi connectivity index (χ1) is 20.2. The number of anilines is 2. The SMILES string of the molecule is COc1ccc(N2C(=O)C3Sc4[nH]c(=O)sc4[C@H](c4cc(Cl)ccc4OCC(=O)Nc4ccccc4C)C3C2=O)cc1. The summed E-state index contributed by atoms with van der Waals surface area (Å²) in [6.07, 6.45) is 0. The Hall–Kier alpha value is -4.06. The largest absolute Gasteiger partial charge is 0.497 e. The molecule has 6 rings (SSSR count). The number of nitrogens with one attached hydrogen (secondary N) is 2. The van der Waals surface area contributed by atoms with Crippen molar-refractivity contribution in [3.8, 4) is 11.5 Å². The van der Waals surface area contributed by atoms with Gasteiger partial charge in [-0.3, -0.25) is 19.2 Å². The minimum absolute atomic E-state index is 0.300. The van der Waals surface area contributed by atoms with E-state index in [9.17, 15) is 19.2 Å². The van der Waals surface area contributed by atoms with Crippen molar-refractivity contribution >= 4 is 63.8 Å². The van der Waals surface area contributed by atoms with E-state index in [1.807, 2.05) is 25.1 Å². The maximum atomic E-state index is 14.0. The van der Waals surface area contributed by atoms with Crippen molar-refractivity contribution in [1.29, 1.82) is 0 Å². The summed E-state index contributed by atoms with van der Waals surface area (Å²) in [6, 6.07) is 19.0. The third-order valence-electron chi connectivity index (χ3n) is 7.24. The van der Waals surface area contributed by atoms with Gasteiger partial charge in [0.2, 0.25) is 11.8 Å². The number of fused-ring (bicyclic) bond motifs is 2. The molecule has 2 unspecified atom stereocenters. The van der Waals surface area contributed by atoms with Gasteiger partial charge in [-0.1, -0.05) is 52.9 Å². The van der Waals surface area contributed by atoms with Crippen molar-refractivity contribution in [2.24, 2.45) is 5.92 Å². The van der Waals surface area contributed by atoms with E-state index in [0.29, 0.717) is 43.4 Å². The molecular weight excluding hydrogens is 598 g/mol. The number of carbonyl (C=O) groups is 3. The highest BCUT2D eigenvalue weighted by atomic mass is 35.5. The molecule has 3 amide bonds. The molecule has 42 heavy (non-hydrogen) atoms. The van der Waals surface area contributed by atoms with Gasteiger partial charge in [0.25, 0.3) is 5.91 Å². The number of rotatable bonds is 7. The highest BCUT2D eigenvalue weighted by Gasteiger charge is 2.56. The average molecular weight is 622 g/mol. The van der Waals surface area contributed by atoms with Crippen LogP contribution in [0.2, 0.25) is 5.02 Å². The van der Waals surface area contributed by atoms with Gasteiger partial charge in [-0.15, -0.1) is 0 Å². The van der Waals surface area contributed by atoms with Crippen LogP contribution < -0.4 is 24.6 Å². The molecule has 2 N–H and O–H groups in total. The lowest BCUT2D eigenvalue weighted by atomic mass is 9.82. The molecule has 9 nitrogen and oxygen atoms in total. The van der Waals surface area contributed by atoms with Crippen molar-refractivity contribution in [2.45, 2.75) is 23.1 Å². The Bertz CT molecular complexity index is 1770. The number of H-pyrrole nitrogens is 1. The fourth-order valence-corrected chi connectivity index (χ4v) is 7.96. The third-order valence-corrected chi connectivity index (χ3v) is 9.88. The zero-order valence-corrected chi connectivity index (χ0v) is 24.8. The first-order valence-electron chi connectivity index (χ1n) is 12.9. The molecule has 3 atom stereocenters. The third kappa shape index (κ3) is 5.08. The van der Waals surface area contributed by atoms with E-state index in [1.165, 1.54) is 23.8 Å². The molecule has 2 aliphatic heterocycles. The van der Waals surface area contributed by atoms with Crippen LogP contribution in [-0.4, -0.2) is 41.7 Å². The van der Waals surface area contributed by atoms with Crippen molar-refractivity contribution in [3.63, 3.8) is 0 Å². The smallest absolute Gasteiger partial charge is 0.305 e. The van der Waals surface area contributed by atoms with Gasteiger partial charge in [-0.05, 0) is 61.0 Å². The molecule has 12 heteroatoms. The Morgan fingerprint density at radius 2 is 1.81 bits per heavy atom. The number of methoxy groups -OCH3 is 1. The van der Waals surface area contributed by atoms with E-state index < -0.39 is 23.0 Å². The van der Waals surface area contributed by atoms with Gasteiger partial charge in [-0.25, -0.2) is 4.90 Å². The number of amides is 3. The molecule has 214 valence electrons. The second kappa shape index (κ2) is 11.3. The number of benzene rings is 3. The number of aromatic nitrogens is 1. The Labute approximate surface area is 253 Å². The quantitative estimate of drug-likeness (QED) is 0.272. The first kappa shape index (κ1) is 28.1. The topological polar surface area (TPSA) is 118 Å². The molecule has 1 saturated heterocycles. The van der Waals surface area contributed by atoms with Crippen LogP contribution in [0.3, 0.4) is 0 Å². The number of halogens is 1. The molecule has 0 spiro atoms. The Balaban J connectivity index is 1.36. The summed E-state index contributed by atoms with van der Waals surface area (Å²) in [7, 11) is 1.53. The summed E-state index contributed by atoms with van der Waals surface area (Å²) in [5, 5.41) is 2.95. The molecule has 1 aromatic heterocycles. The van der Waals surface area contributed by atoms with Crippen molar-refractivity contribution < 1.29 is 23.9 Å². The molecule has 1 fully saturated rings. The van der Waals surface area contributed by atoms with Crippen LogP contribution in [0.25, 0.3) is 0 Å². The predicted octanol–water partition coefficient (Wildman–Crippen LogP) is 5.22. The number of thioether (sulfide) groups is 1. The van der Waals surface area contributed by atoms with Crippen LogP contribution in [0.1, 0.15) is 21.9 Å². The predicted molar refractivity (Wildman–Crippen MR) is 162 cm³/mol. The van der Waals surface area contributed by atoms with Crippen LogP contribution in [-0.2, 0) is 14.4 Å². The Morgan fingerprint density at radius 3 is 2.55 bits per heavy atom. The van der Waals surface area contributed by atoms with Crippen LogP contribution in [0.5, 0.6) is 11.5 Å². The molecule has 4 aromatic rings. The van der Waals surface area contributed by atoms with Crippen molar-refractivity contribution in [3.05, 3.63) is 97.4 Å². The lowest BCUT2D eigenvalue weighted by Gasteiger charge is -2.31. The van der Waals surface area contributed by atoms with E-state index in [1.54, 1.807) is 48.5 Å². The minimum Gasteiger partial charge on any atom is -0.497 e. The molecule has 2 aliphatic rings. The van der Waals surface area contributed by atoms with Crippen LogP contribution in [0.15, 0.2) is 76.6 Å². The molecule has 0 bridgehead atoms. The normalized spacial score (nSPS) is 19.3. The van der Waals surface area contributed by atoms with E-state index in [0.717, 1.165) is 16.9 Å². The van der Waals surface area contributed by atoms with Gasteiger partial charge in [0.05, 0.1) is 23.7 Å². The van der Waals surface area contributed by atoms with Crippen LogP contribution in [0, 0.1) is 12.8 Å². The second-order valence-corrected chi connectivity index (χ2v) is 12.4. The van der Waals surface area contributed by atoms with Gasteiger partial charge in [-0.2, -0.15) is 0 Å². The standard InChI is InChI=1S/C30H24ClN3O6S2/c1-15-5-3-4-6-20(15)32-22(35)14-40-21-12-7-16(31)13-19(21)23-24-26(41-27-25(23)42-30(38)33-27)29(37)34(28(24)36)17-8-10-18(39-2)11-9-17/h3-13,23-24,26H,14H2,1-2H3,(H,32,35)(H,33,38)/t23-,24?,26?/m1/s1. The number of carbonyl (C=O) groups excluding carboxylic acids is 3. The summed E-state index contributed by atoms with van der Waals surface area (Å²) >= 11 is 8.59. The summed E-state index contributed by atoms with van der Waals surface area (Å²) in [5.74, 6) is -1.80. The number of hydrogen-bond donors (Lipinski definition) is 2.